The maximum atomic E-state index is 11.7. The zero-order chi connectivity index (χ0) is 25.8. The molecule has 0 aliphatic rings. The summed E-state index contributed by atoms with van der Waals surface area (Å²) >= 11 is 0. The van der Waals surface area contributed by atoms with E-state index in [-0.39, 0.29) is 62.1 Å². The second-order valence-electron chi connectivity index (χ2n) is 7.10. The van der Waals surface area contributed by atoms with Crippen molar-refractivity contribution in [3.05, 3.63) is 47.3 Å². The predicted octanol–water partition coefficient (Wildman–Crippen LogP) is -0.124. The molecule has 0 fully saturated rings. The molecule has 35 heavy (non-hydrogen) atoms. The number of aliphatic carboxylic acids is 2. The molecule has 0 amide bonds. The average molecular weight is 490 g/mol. The minimum atomic E-state index is -1.25. The van der Waals surface area contributed by atoms with Gasteiger partial charge in [0.25, 0.3) is 12.9 Å². The summed E-state index contributed by atoms with van der Waals surface area (Å²) in [4.78, 5) is 66.1. The first-order valence-electron chi connectivity index (χ1n) is 9.91. The molecule has 0 saturated carbocycles. The Morgan fingerprint density at radius 2 is 1.34 bits per heavy atom. The highest BCUT2D eigenvalue weighted by Gasteiger charge is 2.17. The van der Waals surface area contributed by atoms with Gasteiger partial charge in [-0.3, -0.25) is 29.0 Å². The van der Waals surface area contributed by atoms with E-state index in [2.05, 4.69) is 19.4 Å². The molecular formula is C21H22N4O10. The van der Waals surface area contributed by atoms with E-state index < -0.39 is 31.0 Å². The number of aromatic nitrogens is 2. The smallest absolute Gasteiger partial charge is 0.335 e. The van der Waals surface area contributed by atoms with Crippen molar-refractivity contribution in [2.45, 2.75) is 13.1 Å². The van der Waals surface area contributed by atoms with Crippen LogP contribution in [0.25, 0.3) is 11.4 Å². The van der Waals surface area contributed by atoms with Crippen molar-refractivity contribution < 1.29 is 48.8 Å². The van der Waals surface area contributed by atoms with E-state index in [4.69, 9.17) is 10.2 Å². The molecule has 0 bridgehead atoms. The second-order valence-corrected chi connectivity index (χ2v) is 7.10. The quantitative estimate of drug-likeness (QED) is 0.208. The third kappa shape index (κ3) is 9.15. The van der Waals surface area contributed by atoms with Gasteiger partial charge in [0.1, 0.15) is 13.5 Å². The number of carbonyl (C=O) groups is 5. The summed E-state index contributed by atoms with van der Waals surface area (Å²) in [5, 5.41) is 27.6. The average Bonchev–Trinajstić information content (AvgIpc) is 2.80. The minimum Gasteiger partial charge on any atom is -0.480 e. The fraction of sp³-hybridized carbons (Fsp3) is 0.286. The fourth-order valence-electron chi connectivity index (χ4n) is 3.04. The number of carbonyl (C=O) groups excluding carboxylic acids is 2. The van der Waals surface area contributed by atoms with Crippen molar-refractivity contribution in [1.82, 2.24) is 19.8 Å². The molecule has 14 heteroatoms. The van der Waals surface area contributed by atoms with Gasteiger partial charge in [0.2, 0.25) is 0 Å². The molecule has 0 aliphatic heterocycles. The number of hydrogen-bond donors (Lipinski definition) is 3. The van der Waals surface area contributed by atoms with Crippen LogP contribution in [0.5, 0.6) is 0 Å². The Kier molecular flexibility index (Phi) is 10.2. The molecule has 0 atom stereocenters. The highest BCUT2D eigenvalue weighted by molar-refractivity contribution is 5.89. The van der Waals surface area contributed by atoms with Gasteiger partial charge in [-0.2, -0.15) is 0 Å². The summed E-state index contributed by atoms with van der Waals surface area (Å²) in [5.41, 5.74) is 0.897. The van der Waals surface area contributed by atoms with Gasteiger partial charge in [-0.1, -0.05) is 6.07 Å². The molecule has 2 rings (SSSR count). The van der Waals surface area contributed by atoms with Gasteiger partial charge in [0.05, 0.1) is 41.4 Å². The molecule has 14 nitrogen and oxygen atoms in total. The van der Waals surface area contributed by atoms with E-state index in [0.29, 0.717) is 5.69 Å². The lowest BCUT2D eigenvalue weighted by molar-refractivity contribution is -0.144. The first-order chi connectivity index (χ1) is 16.7. The van der Waals surface area contributed by atoms with Gasteiger partial charge in [-0.05, 0) is 24.3 Å². The zero-order valence-electron chi connectivity index (χ0n) is 18.3. The van der Waals surface area contributed by atoms with Crippen molar-refractivity contribution in [1.29, 1.82) is 0 Å². The number of aromatic carboxylic acids is 1. The van der Waals surface area contributed by atoms with Gasteiger partial charge in [0, 0.05) is 13.1 Å². The molecule has 0 saturated heterocycles. The minimum absolute atomic E-state index is 0.00881. The highest BCUT2D eigenvalue weighted by atomic mass is 16.5. The number of hydrogen-bond acceptors (Lipinski definition) is 11. The molecule has 186 valence electrons. The van der Waals surface area contributed by atoms with Gasteiger partial charge in [-0.25, -0.2) is 14.8 Å². The number of nitrogens with zero attached hydrogens (tertiary/aromatic N) is 4. The van der Waals surface area contributed by atoms with Gasteiger partial charge >= 0.3 is 17.9 Å². The Balaban J connectivity index is 2.36. The van der Waals surface area contributed by atoms with Crippen LogP contribution in [0.1, 0.15) is 21.7 Å². The summed E-state index contributed by atoms with van der Waals surface area (Å²) in [7, 11) is 0. The Labute approximate surface area is 198 Å². The number of rotatable bonds is 16. The second kappa shape index (κ2) is 13.3. The summed E-state index contributed by atoms with van der Waals surface area (Å²) in [5.74, 6) is -3.58. The lowest BCUT2D eigenvalue weighted by Crippen LogP contribution is -2.32. The molecule has 2 aromatic heterocycles. The van der Waals surface area contributed by atoms with Crippen molar-refractivity contribution in [2.75, 3.05) is 26.6 Å². The number of pyridine rings is 2. The molecule has 0 unspecified atom stereocenters. The molecule has 3 N–H and O–H groups in total. The first-order valence-corrected chi connectivity index (χ1v) is 9.91. The van der Waals surface area contributed by atoms with Crippen molar-refractivity contribution in [3.63, 3.8) is 0 Å². The standard InChI is InChI=1S/C21H22N4O10/c26-12-34-10-24(8-19(28)29)6-15-2-1-3-17(22-15)18-5-14(21(32)33)4-16(23-18)7-25(9-20(30)31)11-35-13-27/h1-5,12-13H,6-11H2,(H,28,29)(H,30,31)(H,32,33). The topological polar surface area (TPSA) is 197 Å². The Morgan fingerprint density at radius 3 is 1.86 bits per heavy atom. The maximum absolute atomic E-state index is 11.7. The number of carboxylic acids is 3. The van der Waals surface area contributed by atoms with E-state index in [1.165, 1.54) is 21.9 Å². The molecule has 0 spiro atoms. The van der Waals surface area contributed by atoms with Gasteiger partial charge in [0.15, 0.2) is 0 Å². The van der Waals surface area contributed by atoms with Crippen molar-refractivity contribution >= 4 is 30.9 Å². The first kappa shape index (κ1) is 26.8. The number of carboxylic acid groups (broad SMARTS) is 3. The van der Waals surface area contributed by atoms with Crippen LogP contribution in [0.15, 0.2) is 30.3 Å². The highest BCUT2D eigenvalue weighted by Crippen LogP contribution is 2.20. The summed E-state index contributed by atoms with van der Waals surface area (Å²) in [6.07, 6.45) is 0. The predicted molar refractivity (Wildman–Crippen MR) is 115 cm³/mol. The van der Waals surface area contributed by atoms with Crippen LogP contribution >= 0.6 is 0 Å². The third-order valence-electron chi connectivity index (χ3n) is 4.33. The van der Waals surface area contributed by atoms with E-state index >= 15 is 0 Å². The van der Waals surface area contributed by atoms with Gasteiger partial charge in [-0.15, -0.1) is 0 Å². The van der Waals surface area contributed by atoms with Crippen LogP contribution in [-0.2, 0) is 41.7 Å². The van der Waals surface area contributed by atoms with E-state index in [1.807, 2.05) is 0 Å². The summed E-state index contributed by atoms with van der Waals surface area (Å²) in [6.45, 7) is -1.31. The summed E-state index contributed by atoms with van der Waals surface area (Å²) < 4.78 is 9.25. The lowest BCUT2D eigenvalue weighted by Gasteiger charge is -2.19. The monoisotopic (exact) mass is 490 g/mol. The Morgan fingerprint density at radius 1 is 0.800 bits per heavy atom. The molecular weight excluding hydrogens is 468 g/mol. The van der Waals surface area contributed by atoms with E-state index in [0.717, 1.165) is 0 Å². The normalized spacial score (nSPS) is 10.7. The molecule has 0 aromatic carbocycles. The van der Waals surface area contributed by atoms with Crippen LogP contribution in [-0.4, -0.2) is 92.5 Å². The zero-order valence-corrected chi connectivity index (χ0v) is 18.3. The Hall–Kier alpha value is -4.43. The third-order valence-corrected chi connectivity index (χ3v) is 4.33. The van der Waals surface area contributed by atoms with Crippen LogP contribution < -0.4 is 0 Å². The van der Waals surface area contributed by atoms with Crippen molar-refractivity contribution in [2.24, 2.45) is 0 Å². The van der Waals surface area contributed by atoms with Gasteiger partial charge < -0.3 is 24.8 Å². The van der Waals surface area contributed by atoms with Crippen LogP contribution in [0.4, 0.5) is 0 Å². The van der Waals surface area contributed by atoms with Crippen LogP contribution in [0.2, 0.25) is 0 Å². The molecule has 2 aromatic rings. The molecule has 0 radical (unpaired) electrons. The largest absolute Gasteiger partial charge is 0.480 e. The lowest BCUT2D eigenvalue weighted by atomic mass is 10.1. The SMILES string of the molecule is O=COCN(CC(=O)O)Cc1cccc(-c2cc(C(=O)O)cc(CN(COC=O)CC(=O)O)n2)n1. The van der Waals surface area contributed by atoms with E-state index in [9.17, 15) is 29.1 Å². The fourth-order valence-corrected chi connectivity index (χ4v) is 3.04. The van der Waals surface area contributed by atoms with Crippen molar-refractivity contribution in [3.8, 4) is 11.4 Å². The molecule has 2 heterocycles. The molecule has 0 aliphatic carbocycles. The van der Waals surface area contributed by atoms with Crippen LogP contribution in [0.3, 0.4) is 0 Å². The van der Waals surface area contributed by atoms with E-state index in [1.54, 1.807) is 18.2 Å². The summed E-state index contributed by atoms with van der Waals surface area (Å²) in [6, 6.07) is 7.32. The Bertz CT molecular complexity index is 1080. The maximum Gasteiger partial charge on any atom is 0.335 e. The number of ether oxygens (including phenoxy) is 2. The van der Waals surface area contributed by atoms with Crippen LogP contribution in [0, 0.1) is 0 Å².